The maximum atomic E-state index is 13.0. The van der Waals surface area contributed by atoms with Crippen LogP contribution < -0.4 is 0 Å². The van der Waals surface area contributed by atoms with Crippen LogP contribution >= 0.6 is 0 Å². The number of hydrogen-bond donors (Lipinski definition) is 1. The Morgan fingerprint density at radius 2 is 1.67 bits per heavy atom. The van der Waals surface area contributed by atoms with E-state index in [1.807, 2.05) is 36.4 Å². The Morgan fingerprint density at radius 3 is 2.37 bits per heavy atom. The molecule has 0 aromatic heterocycles. The Hall–Kier alpha value is -3.14. The van der Waals surface area contributed by atoms with Crippen molar-refractivity contribution in [3.8, 4) is 16.9 Å². The lowest BCUT2D eigenvalue weighted by atomic mass is 10.0. The van der Waals surface area contributed by atoms with E-state index in [1.54, 1.807) is 19.1 Å². The van der Waals surface area contributed by atoms with E-state index < -0.39 is 0 Å². The van der Waals surface area contributed by atoms with Crippen molar-refractivity contribution >= 4 is 11.8 Å². The van der Waals surface area contributed by atoms with E-state index >= 15 is 0 Å². The summed E-state index contributed by atoms with van der Waals surface area (Å²) in [5.41, 5.74) is 4.13. The molecule has 4 nitrogen and oxygen atoms in total. The quantitative estimate of drug-likeness (QED) is 0.492. The number of phenols is 1. The van der Waals surface area contributed by atoms with E-state index in [9.17, 15) is 14.7 Å². The Labute approximate surface area is 158 Å². The standard InChI is InChI=1S/C23H22O4/c1-2-27-22(25)10-6-7-17-15-21(20-9-5-3-4-8-19(17)20)23(26)16-11-13-18(24)14-12-16/h3-5,8-9,11-15,24H,2,6-7,10H2,1H3. The number of benzene rings is 1. The number of carbonyl (C=O) groups is 2. The minimum Gasteiger partial charge on any atom is -0.508 e. The average Bonchev–Trinajstić information content (AvgIpc) is 2.83. The number of phenolic OH excluding ortho intramolecular Hbond substituents is 1. The largest absolute Gasteiger partial charge is 0.508 e. The highest BCUT2D eigenvalue weighted by molar-refractivity contribution is 6.14. The van der Waals surface area contributed by atoms with Crippen LogP contribution in [0.5, 0.6) is 5.75 Å². The van der Waals surface area contributed by atoms with E-state index in [0.717, 1.165) is 16.7 Å². The maximum absolute atomic E-state index is 13.0. The number of rotatable bonds is 7. The molecular weight excluding hydrogens is 340 g/mol. The summed E-state index contributed by atoms with van der Waals surface area (Å²) in [6.45, 7) is 2.18. The third-order valence-corrected chi connectivity index (χ3v) is 4.50. The molecular formula is C23H22O4. The highest BCUT2D eigenvalue weighted by Gasteiger charge is 2.21. The van der Waals surface area contributed by atoms with Gasteiger partial charge in [0.05, 0.1) is 6.61 Å². The van der Waals surface area contributed by atoms with Crippen LogP contribution in [0.1, 0.15) is 41.3 Å². The van der Waals surface area contributed by atoms with Gasteiger partial charge in [-0.05, 0) is 66.8 Å². The number of carbonyl (C=O) groups excluding carboxylic acids is 2. The summed E-state index contributed by atoms with van der Waals surface area (Å²) in [4.78, 5) is 24.6. The molecule has 0 saturated carbocycles. The Kier molecular flexibility index (Phi) is 5.87. The fraction of sp³-hybridized carbons (Fsp3) is 0.217. The molecule has 2 aliphatic carbocycles. The van der Waals surface area contributed by atoms with Gasteiger partial charge in [-0.25, -0.2) is 0 Å². The van der Waals surface area contributed by atoms with Crippen molar-refractivity contribution in [1.29, 1.82) is 0 Å². The van der Waals surface area contributed by atoms with Crippen molar-refractivity contribution in [2.24, 2.45) is 0 Å². The number of aryl methyl sites for hydroxylation is 1. The molecule has 0 bridgehead atoms. The summed E-state index contributed by atoms with van der Waals surface area (Å²) in [7, 11) is 0. The van der Waals surface area contributed by atoms with Gasteiger partial charge >= 0.3 is 5.97 Å². The first kappa shape index (κ1) is 18.6. The lowest BCUT2D eigenvalue weighted by Gasteiger charge is -2.03. The first-order valence-electron chi connectivity index (χ1n) is 9.10. The molecule has 1 N–H and O–H groups in total. The van der Waals surface area contributed by atoms with Crippen LogP contribution in [0, 0.1) is 0 Å². The zero-order chi connectivity index (χ0) is 19.2. The average molecular weight is 362 g/mol. The summed E-state index contributed by atoms with van der Waals surface area (Å²) in [6.07, 6.45) is 1.73. The van der Waals surface area contributed by atoms with Gasteiger partial charge in [0.1, 0.15) is 5.75 Å². The number of esters is 1. The van der Waals surface area contributed by atoms with Crippen LogP contribution in [-0.2, 0) is 16.0 Å². The van der Waals surface area contributed by atoms with Crippen LogP contribution in [0.2, 0.25) is 0 Å². The van der Waals surface area contributed by atoms with E-state index in [4.69, 9.17) is 4.74 Å². The molecule has 138 valence electrons. The van der Waals surface area contributed by atoms with E-state index in [2.05, 4.69) is 0 Å². The number of aromatic hydroxyl groups is 1. The fourth-order valence-electron chi connectivity index (χ4n) is 3.21. The molecule has 1 aromatic rings. The molecule has 0 amide bonds. The lowest BCUT2D eigenvalue weighted by molar-refractivity contribution is -0.143. The Balaban J connectivity index is 1.89. The molecule has 0 unspecified atom stereocenters. The molecule has 4 heteroatoms. The van der Waals surface area contributed by atoms with Crippen molar-refractivity contribution in [2.45, 2.75) is 26.2 Å². The number of fused-ring (bicyclic) bond motifs is 1. The summed E-state index contributed by atoms with van der Waals surface area (Å²) in [5, 5.41) is 9.45. The highest BCUT2D eigenvalue weighted by Crippen LogP contribution is 2.34. The van der Waals surface area contributed by atoms with Crippen LogP contribution in [0.25, 0.3) is 11.1 Å². The first-order chi connectivity index (χ1) is 13.1. The third-order valence-electron chi connectivity index (χ3n) is 4.50. The zero-order valence-corrected chi connectivity index (χ0v) is 15.3. The molecule has 2 aliphatic rings. The Morgan fingerprint density at radius 1 is 0.963 bits per heavy atom. The Bertz CT molecular complexity index is 912. The monoisotopic (exact) mass is 362 g/mol. The van der Waals surface area contributed by atoms with Gasteiger partial charge in [-0.1, -0.05) is 30.3 Å². The van der Waals surface area contributed by atoms with Gasteiger partial charge in [-0.3, -0.25) is 9.59 Å². The zero-order valence-electron chi connectivity index (χ0n) is 15.3. The van der Waals surface area contributed by atoms with Crippen LogP contribution in [0.15, 0.2) is 60.7 Å². The summed E-state index contributed by atoms with van der Waals surface area (Å²) in [6, 6.07) is 17.9. The summed E-state index contributed by atoms with van der Waals surface area (Å²) < 4.78 is 4.98. The first-order valence-corrected chi connectivity index (χ1v) is 9.10. The number of ketones is 1. The molecule has 0 radical (unpaired) electrons. The minimum absolute atomic E-state index is 0.0807. The number of hydrogen-bond acceptors (Lipinski definition) is 4. The molecule has 0 spiro atoms. The van der Waals surface area contributed by atoms with E-state index in [1.165, 1.54) is 12.1 Å². The second-order valence-corrected chi connectivity index (χ2v) is 6.36. The molecule has 3 rings (SSSR count). The van der Waals surface area contributed by atoms with E-state index in [0.29, 0.717) is 37.0 Å². The lowest BCUT2D eigenvalue weighted by Crippen LogP contribution is -2.03. The molecule has 0 saturated heterocycles. The van der Waals surface area contributed by atoms with Crippen molar-refractivity contribution in [1.82, 2.24) is 0 Å². The van der Waals surface area contributed by atoms with Gasteiger partial charge in [0, 0.05) is 17.5 Å². The SMILES string of the molecule is CCOC(=O)CCCc1cc(C(=O)c2ccc(O)cc2)c2cccccc1-2. The van der Waals surface area contributed by atoms with Gasteiger partial charge < -0.3 is 9.84 Å². The third kappa shape index (κ3) is 4.34. The minimum atomic E-state index is -0.195. The van der Waals surface area contributed by atoms with Gasteiger partial charge in [0.15, 0.2) is 5.78 Å². The molecule has 0 heterocycles. The second kappa shape index (κ2) is 8.49. The van der Waals surface area contributed by atoms with Crippen molar-refractivity contribution in [3.63, 3.8) is 0 Å². The highest BCUT2D eigenvalue weighted by atomic mass is 16.5. The molecule has 1 aromatic carbocycles. The van der Waals surface area contributed by atoms with Crippen molar-refractivity contribution in [2.75, 3.05) is 6.61 Å². The summed E-state index contributed by atoms with van der Waals surface area (Å²) >= 11 is 0. The second-order valence-electron chi connectivity index (χ2n) is 6.36. The smallest absolute Gasteiger partial charge is 0.305 e. The summed E-state index contributed by atoms with van der Waals surface area (Å²) in [5.74, 6) is -0.146. The normalized spacial score (nSPS) is 10.7. The van der Waals surface area contributed by atoms with Crippen molar-refractivity contribution < 1.29 is 19.4 Å². The predicted molar refractivity (Wildman–Crippen MR) is 104 cm³/mol. The molecule has 0 fully saturated rings. The van der Waals surface area contributed by atoms with Gasteiger partial charge in [-0.2, -0.15) is 0 Å². The van der Waals surface area contributed by atoms with Gasteiger partial charge in [0.2, 0.25) is 0 Å². The predicted octanol–water partition coefficient (Wildman–Crippen LogP) is 4.61. The van der Waals surface area contributed by atoms with E-state index in [-0.39, 0.29) is 17.5 Å². The van der Waals surface area contributed by atoms with Crippen LogP contribution in [0.4, 0.5) is 0 Å². The topological polar surface area (TPSA) is 63.6 Å². The van der Waals surface area contributed by atoms with Crippen LogP contribution in [-0.4, -0.2) is 23.5 Å². The van der Waals surface area contributed by atoms with Crippen LogP contribution in [0.3, 0.4) is 0 Å². The number of ether oxygens (including phenoxy) is 1. The molecule has 0 aliphatic heterocycles. The van der Waals surface area contributed by atoms with Crippen molar-refractivity contribution in [3.05, 3.63) is 77.4 Å². The molecule has 0 atom stereocenters. The fourth-order valence-corrected chi connectivity index (χ4v) is 3.21. The van der Waals surface area contributed by atoms with Gasteiger partial charge in [0.25, 0.3) is 0 Å². The maximum Gasteiger partial charge on any atom is 0.305 e. The molecule has 27 heavy (non-hydrogen) atoms. The van der Waals surface area contributed by atoms with Gasteiger partial charge in [-0.15, -0.1) is 0 Å².